The zero-order valence-electron chi connectivity index (χ0n) is 12.4. The molecule has 104 valence electrons. The maximum Gasteiger partial charge on any atom is 0.501 e. The predicted molar refractivity (Wildman–Crippen MR) is 76.5 cm³/mol. The molecule has 6 heteroatoms. The molecule has 0 heterocycles. The van der Waals surface area contributed by atoms with Gasteiger partial charge in [-0.15, -0.1) is 0 Å². The van der Waals surface area contributed by atoms with Gasteiger partial charge in [-0.05, 0) is 20.8 Å². The van der Waals surface area contributed by atoms with Crippen LogP contribution < -0.4 is 5.73 Å². The zero-order chi connectivity index (χ0) is 13.7. The largest absolute Gasteiger partial charge is 0.501 e. The Bertz CT molecular complexity index is 223. The highest BCUT2D eigenvalue weighted by Gasteiger charge is 2.48. The van der Waals surface area contributed by atoms with E-state index in [1.165, 1.54) is 0 Å². The van der Waals surface area contributed by atoms with Gasteiger partial charge in [0.2, 0.25) is 0 Å². The van der Waals surface area contributed by atoms with Gasteiger partial charge in [0.05, 0.1) is 13.4 Å². The summed E-state index contributed by atoms with van der Waals surface area (Å²) in [7, 11) is -4.24. The van der Waals surface area contributed by atoms with E-state index in [4.69, 9.17) is 19.0 Å². The Balaban J connectivity index is 4.96. The monoisotopic (exact) mass is 279 g/mol. The molecule has 0 aliphatic carbocycles. The van der Waals surface area contributed by atoms with Crippen molar-refractivity contribution >= 4 is 16.9 Å². The van der Waals surface area contributed by atoms with Crippen LogP contribution in [0, 0.1) is 0 Å². The average Bonchev–Trinajstić information content (AvgIpc) is 2.16. The summed E-state index contributed by atoms with van der Waals surface area (Å²) in [6, 6.07) is 0.756. The molecule has 0 bridgehead atoms. The lowest BCUT2D eigenvalue weighted by Gasteiger charge is -2.42. The van der Waals surface area contributed by atoms with Gasteiger partial charge in [-0.1, -0.05) is 26.6 Å². The lowest BCUT2D eigenvalue weighted by atomic mass is 10.7. The summed E-state index contributed by atoms with van der Waals surface area (Å²) in [5.41, 5.74) is 6.33. The molecule has 0 aromatic rings. The van der Waals surface area contributed by atoms with E-state index >= 15 is 0 Å². The van der Waals surface area contributed by atoms with Crippen LogP contribution in [0.2, 0.25) is 25.7 Å². The van der Waals surface area contributed by atoms with Crippen LogP contribution in [-0.4, -0.2) is 35.4 Å². The van der Waals surface area contributed by atoms with Gasteiger partial charge >= 0.3 is 8.80 Å². The van der Waals surface area contributed by atoms with Crippen LogP contribution in [-0.2, 0) is 13.3 Å². The third-order valence-electron chi connectivity index (χ3n) is 3.02. The summed E-state index contributed by atoms with van der Waals surface area (Å²) in [6.07, 6.45) is 0. The number of hydrogen-bond donors (Lipinski definition) is 1. The Morgan fingerprint density at radius 1 is 1.00 bits per heavy atom. The molecular formula is C11H29NO3Si2. The fraction of sp³-hybridized carbons (Fsp3) is 1.00. The Hall–Kier alpha value is 0.274. The molecule has 0 aromatic heterocycles. The van der Waals surface area contributed by atoms with Crippen molar-refractivity contribution in [2.45, 2.75) is 58.7 Å². The van der Waals surface area contributed by atoms with Crippen LogP contribution in [0.5, 0.6) is 0 Å². The molecule has 4 nitrogen and oxygen atoms in total. The molecule has 0 rings (SSSR count). The molecule has 2 N–H and O–H groups in total. The molecule has 1 unspecified atom stereocenters. The molecule has 0 aliphatic heterocycles. The predicted octanol–water partition coefficient (Wildman–Crippen LogP) is 2.59. The van der Waals surface area contributed by atoms with Crippen LogP contribution in [0.4, 0.5) is 0 Å². The summed E-state index contributed by atoms with van der Waals surface area (Å²) >= 11 is 0. The molecule has 17 heavy (non-hydrogen) atoms. The molecule has 1 atom stereocenters. The molecule has 0 spiro atoms. The Kier molecular flexibility index (Phi) is 6.55. The normalized spacial score (nSPS) is 16.9. The highest BCUT2D eigenvalue weighted by atomic mass is 28.4. The SMILES string of the molecule is CCO[Si](CC)(OCC)OC(C)(N)[Si](C)(C)C. The second kappa shape index (κ2) is 6.44. The van der Waals surface area contributed by atoms with Crippen molar-refractivity contribution in [2.24, 2.45) is 5.73 Å². The molecule has 0 saturated carbocycles. The van der Waals surface area contributed by atoms with Gasteiger partial charge in [0.15, 0.2) is 0 Å². The van der Waals surface area contributed by atoms with Crippen molar-refractivity contribution in [1.29, 1.82) is 0 Å². The second-order valence-corrected chi connectivity index (χ2v) is 13.7. The maximum absolute atomic E-state index is 6.33. The van der Waals surface area contributed by atoms with Gasteiger partial charge in [-0.25, -0.2) is 0 Å². The minimum Gasteiger partial charge on any atom is -0.374 e. The standard InChI is InChI=1S/C11H29NO3Si2/c1-8-13-17(10-3,14-9-2)15-11(4,12)16(5,6)7/h8-10,12H2,1-7H3. The highest BCUT2D eigenvalue weighted by Crippen LogP contribution is 2.27. The fourth-order valence-electron chi connectivity index (χ4n) is 1.29. The van der Waals surface area contributed by atoms with Crippen molar-refractivity contribution in [1.82, 2.24) is 0 Å². The molecular weight excluding hydrogens is 250 g/mol. The van der Waals surface area contributed by atoms with E-state index < -0.39 is 22.2 Å². The minimum atomic E-state index is -2.60. The van der Waals surface area contributed by atoms with E-state index in [9.17, 15) is 0 Å². The number of rotatable bonds is 8. The summed E-state index contributed by atoms with van der Waals surface area (Å²) in [5.74, 6) is 0. The van der Waals surface area contributed by atoms with Gasteiger partial charge in [0.1, 0.15) is 0 Å². The van der Waals surface area contributed by atoms with E-state index in [1.807, 2.05) is 27.7 Å². The number of nitrogens with two attached hydrogens (primary N) is 1. The summed E-state index contributed by atoms with van der Waals surface area (Å²) < 4.78 is 17.7. The smallest absolute Gasteiger partial charge is 0.374 e. The molecule has 0 aliphatic rings. The van der Waals surface area contributed by atoms with Crippen molar-refractivity contribution < 1.29 is 13.3 Å². The Labute approximate surface area is 108 Å². The van der Waals surface area contributed by atoms with Gasteiger partial charge in [0.25, 0.3) is 0 Å². The Morgan fingerprint density at radius 2 is 1.41 bits per heavy atom. The van der Waals surface area contributed by atoms with E-state index in [-0.39, 0.29) is 0 Å². The van der Waals surface area contributed by atoms with Crippen LogP contribution in [0.3, 0.4) is 0 Å². The van der Waals surface area contributed by atoms with E-state index in [0.29, 0.717) is 13.2 Å². The summed E-state index contributed by atoms with van der Waals surface area (Å²) in [5, 5.41) is -0.625. The molecule has 0 aromatic carbocycles. The summed E-state index contributed by atoms with van der Waals surface area (Å²) in [6.45, 7) is 15.7. The van der Waals surface area contributed by atoms with Crippen LogP contribution in [0.15, 0.2) is 0 Å². The zero-order valence-corrected chi connectivity index (χ0v) is 14.4. The van der Waals surface area contributed by atoms with Crippen molar-refractivity contribution in [2.75, 3.05) is 13.2 Å². The maximum atomic E-state index is 6.33. The van der Waals surface area contributed by atoms with Crippen molar-refractivity contribution in [3.63, 3.8) is 0 Å². The van der Waals surface area contributed by atoms with E-state index in [0.717, 1.165) is 6.04 Å². The third kappa shape index (κ3) is 4.80. The summed E-state index contributed by atoms with van der Waals surface area (Å²) in [4.78, 5) is 0. The molecule has 0 radical (unpaired) electrons. The first-order valence-electron chi connectivity index (χ1n) is 6.41. The van der Waals surface area contributed by atoms with E-state index in [2.05, 4.69) is 19.6 Å². The van der Waals surface area contributed by atoms with Gasteiger partial charge in [-0.3, -0.25) is 0 Å². The van der Waals surface area contributed by atoms with Gasteiger partial charge in [-0.2, -0.15) is 0 Å². The quantitative estimate of drug-likeness (QED) is 0.548. The Morgan fingerprint density at radius 3 is 1.65 bits per heavy atom. The second-order valence-electron chi connectivity index (χ2n) is 5.36. The molecule has 0 saturated heterocycles. The average molecular weight is 280 g/mol. The first-order chi connectivity index (χ1) is 7.64. The van der Waals surface area contributed by atoms with Crippen LogP contribution in [0.1, 0.15) is 27.7 Å². The first-order valence-corrected chi connectivity index (χ1v) is 11.8. The van der Waals surface area contributed by atoms with E-state index in [1.54, 1.807) is 0 Å². The number of hydrogen-bond acceptors (Lipinski definition) is 4. The van der Waals surface area contributed by atoms with Crippen LogP contribution in [0.25, 0.3) is 0 Å². The molecule has 0 fully saturated rings. The highest BCUT2D eigenvalue weighted by molar-refractivity contribution is 6.79. The van der Waals surface area contributed by atoms with Crippen molar-refractivity contribution in [3.05, 3.63) is 0 Å². The molecule has 0 amide bonds. The van der Waals surface area contributed by atoms with Crippen LogP contribution >= 0.6 is 0 Å². The van der Waals surface area contributed by atoms with Crippen molar-refractivity contribution in [3.8, 4) is 0 Å². The van der Waals surface area contributed by atoms with Gasteiger partial charge in [0, 0.05) is 19.3 Å². The first kappa shape index (κ1) is 17.3. The third-order valence-corrected chi connectivity index (χ3v) is 9.36. The lowest BCUT2D eigenvalue weighted by Crippen LogP contribution is -2.65. The topological polar surface area (TPSA) is 53.7 Å². The lowest BCUT2D eigenvalue weighted by molar-refractivity contribution is 0.0190. The fourth-order valence-corrected chi connectivity index (χ4v) is 5.26. The minimum absolute atomic E-state index is 0.599. The van der Waals surface area contributed by atoms with Gasteiger partial charge < -0.3 is 19.0 Å².